The van der Waals surface area contributed by atoms with Crippen molar-refractivity contribution < 1.29 is 29.4 Å². The molecule has 10 nitrogen and oxygen atoms in total. The normalized spacial score (nSPS) is 18.8. The second-order valence-corrected chi connectivity index (χ2v) is 10.1. The van der Waals surface area contributed by atoms with Gasteiger partial charge in [0.05, 0.1) is 6.04 Å². The van der Waals surface area contributed by atoms with Gasteiger partial charge in [-0.15, -0.1) is 0 Å². The van der Waals surface area contributed by atoms with Crippen LogP contribution in [0.5, 0.6) is 5.75 Å². The summed E-state index contributed by atoms with van der Waals surface area (Å²) in [6.45, 7) is 7.79. The van der Waals surface area contributed by atoms with Crippen LogP contribution in [0.2, 0.25) is 0 Å². The monoisotopic (exact) mass is 504 g/mol. The first kappa shape index (κ1) is 29.1. The molecule has 1 aliphatic heterocycles. The predicted octanol–water partition coefficient (Wildman–Crippen LogP) is 1.40. The maximum atomic E-state index is 13.2. The van der Waals surface area contributed by atoms with Gasteiger partial charge in [0.1, 0.15) is 23.9 Å². The number of nitrogens with zero attached hydrogens (tertiary/aromatic N) is 1. The van der Waals surface area contributed by atoms with Crippen LogP contribution in [-0.2, 0) is 25.6 Å². The van der Waals surface area contributed by atoms with Crippen molar-refractivity contribution in [2.75, 3.05) is 6.54 Å². The van der Waals surface area contributed by atoms with Crippen molar-refractivity contribution in [3.63, 3.8) is 0 Å². The molecule has 1 aromatic carbocycles. The number of phenols is 1. The van der Waals surface area contributed by atoms with E-state index in [-0.39, 0.29) is 29.9 Å². The van der Waals surface area contributed by atoms with Gasteiger partial charge in [-0.05, 0) is 55.2 Å². The lowest BCUT2D eigenvalue weighted by molar-refractivity contribution is -0.144. The SMILES string of the molecule is CCC(C)C(NC(=O)C(CC(C)C)NC(=O)C1CCCN1C(=O)C(N)Cc1ccc(O)cc1)C(=O)O. The third-order valence-corrected chi connectivity index (χ3v) is 6.66. The summed E-state index contributed by atoms with van der Waals surface area (Å²) in [6.07, 6.45) is 2.23. The van der Waals surface area contributed by atoms with E-state index in [1.807, 2.05) is 20.8 Å². The standard InChI is InChI=1S/C26H40N4O6/c1-5-16(4)22(26(35)36)29-23(32)20(13-15(2)3)28-24(33)21-7-6-12-30(21)25(34)19(27)14-17-8-10-18(31)11-9-17/h8-11,15-16,19-22,31H,5-7,12-14,27H2,1-4H3,(H,28,33)(H,29,32)(H,35,36). The molecule has 0 bridgehead atoms. The number of aromatic hydroxyl groups is 1. The molecule has 6 N–H and O–H groups in total. The fourth-order valence-corrected chi connectivity index (χ4v) is 4.40. The summed E-state index contributed by atoms with van der Waals surface area (Å²) in [5.74, 6) is -2.57. The Balaban J connectivity index is 2.09. The number of nitrogens with two attached hydrogens (primary N) is 1. The molecule has 1 aromatic rings. The summed E-state index contributed by atoms with van der Waals surface area (Å²) in [5.41, 5.74) is 6.95. The van der Waals surface area contributed by atoms with E-state index in [1.54, 1.807) is 19.1 Å². The van der Waals surface area contributed by atoms with Crippen LogP contribution in [-0.4, -0.2) is 69.5 Å². The van der Waals surface area contributed by atoms with Crippen LogP contribution >= 0.6 is 0 Å². The Morgan fingerprint density at radius 2 is 1.75 bits per heavy atom. The van der Waals surface area contributed by atoms with E-state index < -0.39 is 42.0 Å². The minimum absolute atomic E-state index is 0.0629. The van der Waals surface area contributed by atoms with Gasteiger partial charge >= 0.3 is 5.97 Å². The zero-order valence-electron chi connectivity index (χ0n) is 21.6. The summed E-state index contributed by atoms with van der Waals surface area (Å²) < 4.78 is 0. The lowest BCUT2D eigenvalue weighted by atomic mass is 9.97. The van der Waals surface area contributed by atoms with Crippen molar-refractivity contribution in [2.45, 2.75) is 84.0 Å². The van der Waals surface area contributed by atoms with Crippen molar-refractivity contribution in [1.82, 2.24) is 15.5 Å². The van der Waals surface area contributed by atoms with E-state index in [9.17, 15) is 29.4 Å². The minimum atomic E-state index is -1.12. The van der Waals surface area contributed by atoms with Gasteiger partial charge in [0.25, 0.3) is 0 Å². The van der Waals surface area contributed by atoms with E-state index in [0.29, 0.717) is 32.2 Å². The molecule has 1 saturated heterocycles. The topological polar surface area (TPSA) is 162 Å². The molecule has 2 rings (SSSR count). The van der Waals surface area contributed by atoms with Gasteiger partial charge in [0, 0.05) is 6.54 Å². The second kappa shape index (κ2) is 13.2. The van der Waals surface area contributed by atoms with Crippen LogP contribution in [0.25, 0.3) is 0 Å². The van der Waals surface area contributed by atoms with Crippen molar-refractivity contribution >= 4 is 23.7 Å². The molecule has 1 aliphatic rings. The zero-order valence-corrected chi connectivity index (χ0v) is 21.6. The lowest BCUT2D eigenvalue weighted by Crippen LogP contribution is -2.57. The number of hydrogen-bond donors (Lipinski definition) is 5. The zero-order chi connectivity index (χ0) is 27.0. The summed E-state index contributed by atoms with van der Waals surface area (Å²) in [4.78, 5) is 52.4. The van der Waals surface area contributed by atoms with Crippen LogP contribution in [0.4, 0.5) is 0 Å². The predicted molar refractivity (Wildman–Crippen MR) is 135 cm³/mol. The van der Waals surface area contributed by atoms with E-state index >= 15 is 0 Å². The summed E-state index contributed by atoms with van der Waals surface area (Å²) >= 11 is 0. The third kappa shape index (κ3) is 7.94. The molecular weight excluding hydrogens is 464 g/mol. The van der Waals surface area contributed by atoms with Gasteiger partial charge in [-0.2, -0.15) is 0 Å². The Kier molecular flexibility index (Phi) is 10.7. The van der Waals surface area contributed by atoms with Crippen molar-refractivity contribution in [3.8, 4) is 5.75 Å². The first-order valence-corrected chi connectivity index (χ1v) is 12.6. The number of aliphatic carboxylic acids is 1. The maximum Gasteiger partial charge on any atom is 0.326 e. The molecule has 1 heterocycles. The summed E-state index contributed by atoms with van der Waals surface area (Å²) in [7, 11) is 0. The summed E-state index contributed by atoms with van der Waals surface area (Å²) in [5, 5.41) is 24.3. The van der Waals surface area contributed by atoms with Crippen LogP contribution in [0.15, 0.2) is 24.3 Å². The molecule has 5 unspecified atom stereocenters. The highest BCUT2D eigenvalue weighted by molar-refractivity contribution is 5.94. The average molecular weight is 505 g/mol. The molecule has 0 aliphatic carbocycles. The number of hydrogen-bond acceptors (Lipinski definition) is 6. The number of carbonyl (C=O) groups excluding carboxylic acids is 3. The molecule has 1 fully saturated rings. The van der Waals surface area contributed by atoms with Crippen LogP contribution in [0, 0.1) is 11.8 Å². The molecule has 10 heteroatoms. The van der Waals surface area contributed by atoms with Gasteiger partial charge in [0.2, 0.25) is 17.7 Å². The van der Waals surface area contributed by atoms with Crippen LogP contribution in [0.3, 0.4) is 0 Å². The van der Waals surface area contributed by atoms with E-state index in [1.165, 1.54) is 17.0 Å². The Morgan fingerprint density at radius 3 is 2.31 bits per heavy atom. The van der Waals surface area contributed by atoms with Gasteiger partial charge in [-0.1, -0.05) is 46.2 Å². The fourth-order valence-electron chi connectivity index (χ4n) is 4.40. The van der Waals surface area contributed by atoms with Gasteiger partial charge in [-0.3, -0.25) is 14.4 Å². The maximum absolute atomic E-state index is 13.2. The van der Waals surface area contributed by atoms with E-state index in [2.05, 4.69) is 10.6 Å². The number of carboxylic acid groups (broad SMARTS) is 1. The molecule has 0 spiro atoms. The van der Waals surface area contributed by atoms with Crippen molar-refractivity contribution in [1.29, 1.82) is 0 Å². The highest BCUT2D eigenvalue weighted by Gasteiger charge is 2.38. The number of nitrogens with one attached hydrogen (secondary N) is 2. The second-order valence-electron chi connectivity index (χ2n) is 10.1. The Bertz CT molecular complexity index is 920. The first-order chi connectivity index (χ1) is 16.9. The molecular formula is C26H40N4O6. The highest BCUT2D eigenvalue weighted by Crippen LogP contribution is 2.20. The van der Waals surface area contributed by atoms with Crippen LogP contribution in [0.1, 0.15) is 58.9 Å². The molecule has 36 heavy (non-hydrogen) atoms. The van der Waals surface area contributed by atoms with Gasteiger partial charge in [0.15, 0.2) is 0 Å². The molecule has 0 radical (unpaired) electrons. The van der Waals surface area contributed by atoms with Crippen molar-refractivity contribution in [3.05, 3.63) is 29.8 Å². The molecule has 5 atom stereocenters. The van der Waals surface area contributed by atoms with Crippen LogP contribution < -0.4 is 16.4 Å². The number of carboxylic acids is 1. The fraction of sp³-hybridized carbons (Fsp3) is 0.615. The largest absolute Gasteiger partial charge is 0.508 e. The number of benzene rings is 1. The first-order valence-electron chi connectivity index (χ1n) is 12.6. The minimum Gasteiger partial charge on any atom is -0.508 e. The third-order valence-electron chi connectivity index (χ3n) is 6.66. The van der Waals surface area contributed by atoms with Gasteiger partial charge in [-0.25, -0.2) is 4.79 Å². The number of rotatable bonds is 12. The number of amides is 3. The highest BCUT2D eigenvalue weighted by atomic mass is 16.4. The van der Waals surface area contributed by atoms with E-state index in [0.717, 1.165) is 5.56 Å². The molecule has 0 saturated carbocycles. The Labute approximate surface area is 212 Å². The Hall–Kier alpha value is -3.14. The quantitative estimate of drug-likeness (QED) is 0.287. The molecule has 0 aromatic heterocycles. The number of likely N-dealkylation sites (tertiary alicyclic amines) is 1. The van der Waals surface area contributed by atoms with Gasteiger partial charge < -0.3 is 31.5 Å². The molecule has 200 valence electrons. The molecule has 3 amide bonds. The van der Waals surface area contributed by atoms with Crippen molar-refractivity contribution in [2.24, 2.45) is 17.6 Å². The Morgan fingerprint density at radius 1 is 1.11 bits per heavy atom. The van der Waals surface area contributed by atoms with E-state index in [4.69, 9.17) is 5.73 Å². The lowest BCUT2D eigenvalue weighted by Gasteiger charge is -2.29. The number of phenolic OH excluding ortho intramolecular Hbond substituents is 1. The summed E-state index contributed by atoms with van der Waals surface area (Å²) in [6, 6.07) is 2.83. The smallest absolute Gasteiger partial charge is 0.326 e. The number of carbonyl (C=O) groups is 4. The average Bonchev–Trinajstić information content (AvgIpc) is 3.32.